The molecule has 2 atom stereocenters. The first-order valence-electron chi connectivity index (χ1n) is 11.2. The van der Waals surface area contributed by atoms with Gasteiger partial charge in [-0.3, -0.25) is 9.69 Å². The Morgan fingerprint density at radius 3 is 2.59 bits per heavy atom. The van der Waals surface area contributed by atoms with E-state index in [1.54, 1.807) is 39.9 Å². The first-order chi connectivity index (χ1) is 15.4. The van der Waals surface area contributed by atoms with Gasteiger partial charge >= 0.3 is 0 Å². The van der Waals surface area contributed by atoms with Crippen LogP contribution in [-0.4, -0.2) is 69.5 Å². The summed E-state index contributed by atoms with van der Waals surface area (Å²) in [5.74, 6) is 0.168. The molecular formula is C23H31N3O4S2. The summed E-state index contributed by atoms with van der Waals surface area (Å²) in [7, 11) is -3.52. The van der Waals surface area contributed by atoms with E-state index in [1.165, 1.54) is 4.88 Å². The summed E-state index contributed by atoms with van der Waals surface area (Å²) in [6.45, 7) is 6.74. The third kappa shape index (κ3) is 5.40. The third-order valence-electron chi connectivity index (χ3n) is 6.19. The molecule has 0 spiro atoms. The van der Waals surface area contributed by atoms with E-state index in [1.807, 2.05) is 11.4 Å². The zero-order valence-corrected chi connectivity index (χ0v) is 20.0. The van der Waals surface area contributed by atoms with Gasteiger partial charge in [0.05, 0.1) is 24.2 Å². The van der Waals surface area contributed by atoms with Gasteiger partial charge in [0.25, 0.3) is 5.91 Å². The van der Waals surface area contributed by atoms with Crippen LogP contribution >= 0.6 is 11.3 Å². The number of hydrogen-bond donors (Lipinski definition) is 1. The number of nitrogens with one attached hydrogen (secondary N) is 1. The van der Waals surface area contributed by atoms with Gasteiger partial charge in [0.2, 0.25) is 10.0 Å². The van der Waals surface area contributed by atoms with E-state index >= 15 is 0 Å². The van der Waals surface area contributed by atoms with Gasteiger partial charge in [-0.05, 0) is 54.5 Å². The number of piperidine rings is 1. The lowest BCUT2D eigenvalue weighted by Crippen LogP contribution is -2.43. The lowest BCUT2D eigenvalue weighted by Gasteiger charge is -2.34. The van der Waals surface area contributed by atoms with Crippen molar-refractivity contribution in [1.82, 2.24) is 14.5 Å². The van der Waals surface area contributed by atoms with E-state index in [0.717, 1.165) is 25.9 Å². The van der Waals surface area contributed by atoms with Crippen molar-refractivity contribution in [2.45, 2.75) is 30.7 Å². The molecule has 2 aliphatic heterocycles. The van der Waals surface area contributed by atoms with Gasteiger partial charge in [0, 0.05) is 43.2 Å². The highest BCUT2D eigenvalue weighted by molar-refractivity contribution is 7.89. The lowest BCUT2D eigenvalue weighted by atomic mass is 10.0. The van der Waals surface area contributed by atoms with Crippen LogP contribution in [0.25, 0.3) is 0 Å². The third-order valence-corrected chi connectivity index (χ3v) is 9.04. The zero-order chi connectivity index (χ0) is 22.6. The SMILES string of the molecule is CC1CCCN(S(=O)(=O)c2ccc(C(=O)NCC(c3cccs3)N3CCOCC3)cc2)C1. The van der Waals surface area contributed by atoms with Gasteiger partial charge in [-0.25, -0.2) is 8.42 Å². The number of nitrogens with zero attached hydrogens (tertiary/aromatic N) is 2. The normalized spacial score (nSPS) is 21.8. The zero-order valence-electron chi connectivity index (χ0n) is 18.4. The minimum Gasteiger partial charge on any atom is -0.379 e. The summed E-state index contributed by atoms with van der Waals surface area (Å²) in [4.78, 5) is 16.6. The van der Waals surface area contributed by atoms with Crippen LogP contribution in [0.15, 0.2) is 46.7 Å². The van der Waals surface area contributed by atoms with E-state index < -0.39 is 10.0 Å². The fourth-order valence-electron chi connectivity index (χ4n) is 4.36. The standard InChI is InChI=1S/C23H31N3O4S2/c1-18-4-2-10-26(17-18)32(28,29)20-8-6-19(7-9-20)23(27)24-16-21(22-5-3-15-31-22)25-11-13-30-14-12-25/h3,5-9,15,18,21H,2,4,10-14,16-17H2,1H3,(H,24,27). The first-order valence-corrected chi connectivity index (χ1v) is 13.5. The maximum absolute atomic E-state index is 12.9. The van der Waals surface area contributed by atoms with Gasteiger partial charge in [-0.15, -0.1) is 11.3 Å². The molecule has 2 saturated heterocycles. The predicted molar refractivity (Wildman–Crippen MR) is 125 cm³/mol. The van der Waals surface area contributed by atoms with Crippen molar-refractivity contribution in [3.63, 3.8) is 0 Å². The average molecular weight is 478 g/mol. The molecule has 32 heavy (non-hydrogen) atoms. The number of sulfonamides is 1. The second kappa shape index (κ2) is 10.4. The average Bonchev–Trinajstić information content (AvgIpc) is 3.34. The smallest absolute Gasteiger partial charge is 0.251 e. The van der Waals surface area contributed by atoms with Gasteiger partial charge in [0.15, 0.2) is 0 Å². The fraction of sp³-hybridized carbons (Fsp3) is 0.522. The molecule has 4 rings (SSSR count). The Bertz CT molecular complexity index is 987. The molecule has 1 amide bonds. The van der Waals surface area contributed by atoms with Crippen LogP contribution in [0.1, 0.15) is 41.0 Å². The first kappa shape index (κ1) is 23.4. The van der Waals surface area contributed by atoms with Crippen molar-refractivity contribution in [3.05, 3.63) is 52.2 Å². The monoisotopic (exact) mass is 477 g/mol. The molecule has 2 aromatic rings. The van der Waals surface area contributed by atoms with Crippen LogP contribution in [0.4, 0.5) is 0 Å². The summed E-state index contributed by atoms with van der Waals surface area (Å²) in [5.41, 5.74) is 0.461. The van der Waals surface area contributed by atoms with E-state index in [4.69, 9.17) is 4.74 Å². The second-order valence-electron chi connectivity index (χ2n) is 8.52. The summed E-state index contributed by atoms with van der Waals surface area (Å²) in [6.07, 6.45) is 1.94. The Hall–Kier alpha value is -1.78. The molecule has 1 aromatic heterocycles. The number of thiophene rings is 1. The maximum Gasteiger partial charge on any atom is 0.251 e. The molecule has 9 heteroatoms. The van der Waals surface area contributed by atoms with Gasteiger partial charge in [-0.1, -0.05) is 13.0 Å². The number of amides is 1. The molecule has 2 unspecified atom stereocenters. The molecule has 174 valence electrons. The van der Waals surface area contributed by atoms with Crippen molar-refractivity contribution in [2.24, 2.45) is 5.92 Å². The number of morpholine rings is 1. The Morgan fingerprint density at radius 2 is 1.94 bits per heavy atom. The van der Waals surface area contributed by atoms with Crippen LogP contribution in [0.5, 0.6) is 0 Å². The Kier molecular flexibility index (Phi) is 7.63. The van der Waals surface area contributed by atoms with E-state index in [0.29, 0.717) is 44.3 Å². The van der Waals surface area contributed by atoms with E-state index in [2.05, 4.69) is 23.2 Å². The van der Waals surface area contributed by atoms with Crippen LogP contribution in [-0.2, 0) is 14.8 Å². The summed E-state index contributed by atoms with van der Waals surface area (Å²) >= 11 is 1.69. The van der Waals surface area contributed by atoms with Crippen LogP contribution in [0.3, 0.4) is 0 Å². The van der Waals surface area contributed by atoms with Crippen molar-refractivity contribution >= 4 is 27.3 Å². The minimum absolute atomic E-state index is 0.101. The number of carbonyl (C=O) groups is 1. The molecule has 0 saturated carbocycles. The molecule has 2 fully saturated rings. The van der Waals surface area contributed by atoms with Crippen LogP contribution in [0.2, 0.25) is 0 Å². The molecule has 1 aromatic carbocycles. The van der Waals surface area contributed by atoms with Gasteiger partial charge < -0.3 is 10.1 Å². The highest BCUT2D eigenvalue weighted by Crippen LogP contribution is 2.26. The van der Waals surface area contributed by atoms with Crippen LogP contribution < -0.4 is 5.32 Å². The maximum atomic E-state index is 12.9. The highest BCUT2D eigenvalue weighted by Gasteiger charge is 2.29. The Balaban J connectivity index is 1.41. The molecule has 3 heterocycles. The molecular weight excluding hydrogens is 446 g/mol. The summed E-state index contributed by atoms with van der Waals surface area (Å²) < 4.78 is 32.9. The molecule has 0 bridgehead atoms. The topological polar surface area (TPSA) is 79.0 Å². The van der Waals surface area contributed by atoms with E-state index in [-0.39, 0.29) is 16.8 Å². The lowest BCUT2D eigenvalue weighted by molar-refractivity contribution is 0.0169. The molecule has 2 aliphatic rings. The van der Waals surface area contributed by atoms with Gasteiger partial charge in [-0.2, -0.15) is 4.31 Å². The van der Waals surface area contributed by atoms with Crippen molar-refractivity contribution in [1.29, 1.82) is 0 Å². The molecule has 1 N–H and O–H groups in total. The summed E-state index contributed by atoms with van der Waals surface area (Å²) in [6, 6.07) is 10.5. The summed E-state index contributed by atoms with van der Waals surface area (Å²) in [5, 5.41) is 5.09. The molecule has 0 radical (unpaired) electrons. The molecule has 7 nitrogen and oxygen atoms in total. The van der Waals surface area contributed by atoms with E-state index in [9.17, 15) is 13.2 Å². The van der Waals surface area contributed by atoms with Crippen LogP contribution in [0, 0.1) is 5.92 Å². The Morgan fingerprint density at radius 1 is 1.19 bits per heavy atom. The minimum atomic E-state index is -3.52. The van der Waals surface area contributed by atoms with Gasteiger partial charge in [0.1, 0.15) is 0 Å². The number of hydrogen-bond acceptors (Lipinski definition) is 6. The number of rotatable bonds is 7. The predicted octanol–water partition coefficient (Wildman–Crippen LogP) is 2.97. The number of ether oxygens (including phenoxy) is 1. The second-order valence-corrected chi connectivity index (χ2v) is 11.4. The quantitative estimate of drug-likeness (QED) is 0.663. The fourth-order valence-corrected chi connectivity index (χ4v) is 6.82. The Labute approximate surface area is 194 Å². The molecule has 0 aliphatic carbocycles. The van der Waals surface area contributed by atoms with Crippen molar-refractivity contribution in [3.8, 4) is 0 Å². The highest BCUT2D eigenvalue weighted by atomic mass is 32.2. The van der Waals surface area contributed by atoms with Crippen molar-refractivity contribution < 1.29 is 17.9 Å². The largest absolute Gasteiger partial charge is 0.379 e. The number of carbonyl (C=O) groups excluding carboxylic acids is 1. The number of benzene rings is 1. The van der Waals surface area contributed by atoms with Crippen molar-refractivity contribution in [2.75, 3.05) is 45.9 Å².